The van der Waals surface area contributed by atoms with Gasteiger partial charge in [-0.25, -0.2) is 9.97 Å². The Balaban J connectivity index is 1.59. The number of carbonyl (C=O) groups is 1. The van der Waals surface area contributed by atoms with Gasteiger partial charge in [-0.1, -0.05) is 0 Å². The molecule has 0 bridgehead atoms. The maximum atomic E-state index is 12.2. The van der Waals surface area contributed by atoms with Gasteiger partial charge in [0.15, 0.2) is 11.5 Å². The van der Waals surface area contributed by atoms with Crippen LogP contribution in [0, 0.1) is 0 Å². The zero-order valence-corrected chi connectivity index (χ0v) is 13.6. The van der Waals surface area contributed by atoms with Crippen LogP contribution in [0.3, 0.4) is 0 Å². The number of hydrogen-bond acceptors (Lipinski definition) is 7. The number of carbonyl (C=O) groups excluding carboxylic acids is 1. The zero-order valence-electron chi connectivity index (χ0n) is 13.6. The minimum absolute atomic E-state index is 0.197. The number of nitrogens with zero attached hydrogens (tertiary/aromatic N) is 3. The summed E-state index contributed by atoms with van der Waals surface area (Å²) in [5, 5.41) is 5.88. The van der Waals surface area contributed by atoms with Gasteiger partial charge in [-0.2, -0.15) is 0 Å². The predicted octanol–water partition coefficient (Wildman–Crippen LogP) is 1.43. The van der Waals surface area contributed by atoms with E-state index in [0.717, 1.165) is 13.1 Å². The van der Waals surface area contributed by atoms with Crippen LogP contribution in [0.15, 0.2) is 30.6 Å². The van der Waals surface area contributed by atoms with Crippen molar-refractivity contribution in [3.63, 3.8) is 0 Å². The van der Waals surface area contributed by atoms with Gasteiger partial charge in [0.05, 0.1) is 5.56 Å². The van der Waals surface area contributed by atoms with Crippen LogP contribution in [0.5, 0.6) is 11.5 Å². The SMILES string of the molecule is CN(C)CCNc1ncc(C(=O)Nc2ccc3c(c2)OCO3)cn1. The van der Waals surface area contributed by atoms with Gasteiger partial charge in [0.1, 0.15) is 0 Å². The average Bonchev–Trinajstić information content (AvgIpc) is 3.03. The quantitative estimate of drug-likeness (QED) is 0.829. The summed E-state index contributed by atoms with van der Waals surface area (Å²) in [5.41, 5.74) is 1.00. The lowest BCUT2D eigenvalue weighted by molar-refractivity contribution is 0.102. The smallest absolute Gasteiger partial charge is 0.258 e. The molecule has 8 heteroatoms. The highest BCUT2D eigenvalue weighted by Crippen LogP contribution is 2.34. The number of aromatic nitrogens is 2. The Hall–Kier alpha value is -2.87. The number of fused-ring (bicyclic) bond motifs is 1. The predicted molar refractivity (Wildman–Crippen MR) is 89.6 cm³/mol. The summed E-state index contributed by atoms with van der Waals surface area (Å²) < 4.78 is 10.5. The first-order valence-electron chi connectivity index (χ1n) is 7.53. The number of likely N-dealkylation sites (N-methyl/N-ethyl adjacent to an activating group) is 1. The van der Waals surface area contributed by atoms with Gasteiger partial charge in [0, 0.05) is 37.2 Å². The lowest BCUT2D eigenvalue weighted by atomic mass is 10.2. The summed E-state index contributed by atoms with van der Waals surface area (Å²) in [6, 6.07) is 5.23. The van der Waals surface area contributed by atoms with Crippen LogP contribution in [0.4, 0.5) is 11.6 Å². The third kappa shape index (κ3) is 3.90. The number of benzene rings is 1. The summed E-state index contributed by atoms with van der Waals surface area (Å²) in [4.78, 5) is 22.6. The topological polar surface area (TPSA) is 88.6 Å². The molecule has 0 saturated carbocycles. The van der Waals surface area contributed by atoms with E-state index in [4.69, 9.17) is 9.47 Å². The number of anilines is 2. The summed E-state index contributed by atoms with van der Waals surface area (Å²) in [6.45, 7) is 1.80. The van der Waals surface area contributed by atoms with E-state index in [2.05, 4.69) is 25.5 Å². The van der Waals surface area contributed by atoms with E-state index in [1.165, 1.54) is 12.4 Å². The normalized spacial score (nSPS) is 12.3. The maximum absolute atomic E-state index is 12.2. The van der Waals surface area contributed by atoms with E-state index in [1.807, 2.05) is 14.1 Å². The van der Waals surface area contributed by atoms with Gasteiger partial charge in [-0.3, -0.25) is 4.79 Å². The minimum Gasteiger partial charge on any atom is -0.454 e. The van der Waals surface area contributed by atoms with E-state index in [-0.39, 0.29) is 12.7 Å². The highest BCUT2D eigenvalue weighted by atomic mass is 16.7. The molecule has 0 fully saturated rings. The van der Waals surface area contributed by atoms with Gasteiger partial charge >= 0.3 is 0 Å². The molecule has 2 N–H and O–H groups in total. The van der Waals surface area contributed by atoms with Crippen LogP contribution in [-0.4, -0.2) is 54.8 Å². The monoisotopic (exact) mass is 329 g/mol. The molecule has 2 heterocycles. The van der Waals surface area contributed by atoms with Crippen LogP contribution in [0.1, 0.15) is 10.4 Å². The van der Waals surface area contributed by atoms with Crippen LogP contribution in [0.2, 0.25) is 0 Å². The molecule has 1 aliphatic rings. The summed E-state index contributed by atoms with van der Waals surface area (Å²) in [7, 11) is 3.98. The number of rotatable bonds is 6. The number of amides is 1. The van der Waals surface area contributed by atoms with Gasteiger partial charge in [0.25, 0.3) is 5.91 Å². The second-order valence-corrected chi connectivity index (χ2v) is 5.55. The Morgan fingerprint density at radius 3 is 2.71 bits per heavy atom. The first kappa shape index (κ1) is 16.0. The molecule has 0 spiro atoms. The van der Waals surface area contributed by atoms with Gasteiger partial charge in [0.2, 0.25) is 12.7 Å². The van der Waals surface area contributed by atoms with Crippen molar-refractivity contribution in [1.82, 2.24) is 14.9 Å². The number of hydrogen-bond donors (Lipinski definition) is 2. The van der Waals surface area contributed by atoms with Crippen LogP contribution < -0.4 is 20.1 Å². The Bertz CT molecular complexity index is 718. The lowest BCUT2D eigenvalue weighted by Crippen LogP contribution is -2.21. The van der Waals surface area contributed by atoms with Crippen molar-refractivity contribution in [1.29, 1.82) is 0 Å². The molecule has 0 saturated heterocycles. The van der Waals surface area contributed by atoms with E-state index < -0.39 is 0 Å². The maximum Gasteiger partial charge on any atom is 0.258 e. The Labute approximate surface area is 139 Å². The third-order valence-corrected chi connectivity index (χ3v) is 3.39. The lowest BCUT2D eigenvalue weighted by Gasteiger charge is -2.10. The molecular formula is C16H19N5O3. The molecule has 8 nitrogen and oxygen atoms in total. The van der Waals surface area contributed by atoms with Crippen molar-refractivity contribution in [3.05, 3.63) is 36.2 Å². The fourth-order valence-corrected chi connectivity index (χ4v) is 2.11. The summed E-state index contributed by atoms with van der Waals surface area (Å²) >= 11 is 0. The molecule has 0 atom stereocenters. The standard InChI is InChI=1S/C16H19N5O3/c1-21(2)6-5-17-16-18-8-11(9-19-16)15(22)20-12-3-4-13-14(7-12)24-10-23-13/h3-4,7-9H,5-6,10H2,1-2H3,(H,20,22)(H,17,18,19). The Morgan fingerprint density at radius 1 is 1.21 bits per heavy atom. The second-order valence-electron chi connectivity index (χ2n) is 5.55. The molecule has 1 amide bonds. The van der Waals surface area contributed by atoms with Crippen LogP contribution in [-0.2, 0) is 0 Å². The molecule has 0 unspecified atom stereocenters. The van der Waals surface area contributed by atoms with Gasteiger partial charge in [-0.15, -0.1) is 0 Å². The molecular weight excluding hydrogens is 310 g/mol. The molecule has 3 rings (SSSR count). The molecule has 2 aromatic rings. The van der Waals surface area contributed by atoms with E-state index in [1.54, 1.807) is 18.2 Å². The van der Waals surface area contributed by atoms with Crippen molar-refractivity contribution >= 4 is 17.5 Å². The number of nitrogens with one attached hydrogen (secondary N) is 2. The largest absolute Gasteiger partial charge is 0.454 e. The highest BCUT2D eigenvalue weighted by molar-refractivity contribution is 6.04. The Kier molecular flexibility index (Phi) is 4.76. The van der Waals surface area contributed by atoms with Crippen LogP contribution in [0.25, 0.3) is 0 Å². The summed E-state index contributed by atoms with van der Waals surface area (Å²) in [6.07, 6.45) is 2.99. The fourth-order valence-electron chi connectivity index (χ4n) is 2.11. The molecule has 0 radical (unpaired) electrons. The van der Waals surface area contributed by atoms with Crippen molar-refractivity contribution in [2.24, 2.45) is 0 Å². The van der Waals surface area contributed by atoms with Crippen molar-refractivity contribution in [3.8, 4) is 11.5 Å². The first-order chi connectivity index (χ1) is 11.6. The zero-order chi connectivity index (χ0) is 16.9. The molecule has 1 aliphatic heterocycles. The highest BCUT2D eigenvalue weighted by Gasteiger charge is 2.15. The van der Waals surface area contributed by atoms with E-state index >= 15 is 0 Å². The average molecular weight is 329 g/mol. The third-order valence-electron chi connectivity index (χ3n) is 3.39. The number of ether oxygens (including phenoxy) is 2. The van der Waals surface area contributed by atoms with E-state index in [0.29, 0.717) is 28.7 Å². The molecule has 24 heavy (non-hydrogen) atoms. The second kappa shape index (κ2) is 7.14. The van der Waals surface area contributed by atoms with Crippen molar-refractivity contribution in [2.45, 2.75) is 0 Å². The van der Waals surface area contributed by atoms with Gasteiger partial charge in [-0.05, 0) is 26.2 Å². The van der Waals surface area contributed by atoms with Crippen molar-refractivity contribution < 1.29 is 14.3 Å². The van der Waals surface area contributed by atoms with Crippen LogP contribution >= 0.6 is 0 Å². The molecule has 1 aromatic heterocycles. The van der Waals surface area contributed by atoms with E-state index in [9.17, 15) is 4.79 Å². The summed E-state index contributed by atoms with van der Waals surface area (Å²) in [5.74, 6) is 1.50. The first-order valence-corrected chi connectivity index (χ1v) is 7.53. The fraction of sp³-hybridized carbons (Fsp3) is 0.312. The minimum atomic E-state index is -0.284. The van der Waals surface area contributed by atoms with Gasteiger partial charge < -0.3 is 25.0 Å². The molecule has 126 valence electrons. The Morgan fingerprint density at radius 2 is 1.96 bits per heavy atom. The van der Waals surface area contributed by atoms with Crippen molar-refractivity contribution in [2.75, 3.05) is 44.6 Å². The molecule has 0 aliphatic carbocycles. The molecule has 1 aromatic carbocycles.